The van der Waals surface area contributed by atoms with Crippen LogP contribution in [0.15, 0.2) is 41.2 Å². The van der Waals surface area contributed by atoms with Crippen molar-refractivity contribution >= 4 is 10.2 Å². The Bertz CT molecular complexity index is 1050. The fourth-order valence-corrected chi connectivity index (χ4v) is 4.94. The van der Waals surface area contributed by atoms with Gasteiger partial charge in [-0.25, -0.2) is 4.68 Å². The normalized spacial score (nSPS) is 22.8. The van der Waals surface area contributed by atoms with Crippen LogP contribution in [-0.2, 0) is 19.7 Å². The van der Waals surface area contributed by atoms with E-state index in [0.29, 0.717) is 24.7 Å². The number of hydrogen-bond donors (Lipinski definition) is 1. The lowest BCUT2D eigenvalue weighted by Crippen LogP contribution is -2.52. The summed E-state index contributed by atoms with van der Waals surface area (Å²) in [5.41, 5.74) is 1.04. The third kappa shape index (κ3) is 4.40. The highest BCUT2D eigenvalue weighted by molar-refractivity contribution is 7.87. The van der Waals surface area contributed by atoms with Crippen LogP contribution in [0.5, 0.6) is 5.75 Å². The number of nitrogens with one attached hydrogen (secondary N) is 1. The molecule has 2 fully saturated rings. The molecule has 1 aromatic heterocycles. The number of aromatic nitrogens is 2. The van der Waals surface area contributed by atoms with E-state index >= 15 is 0 Å². The van der Waals surface area contributed by atoms with Gasteiger partial charge < -0.3 is 14.2 Å². The average molecular weight is 436 g/mol. The molecule has 2 saturated heterocycles. The number of ether oxygens (including phenoxy) is 3. The SMILES string of the molecule is COc1cccc(-c2ccc(=O)n(C3COCC3NS(=O)(=O)N3CCOCC3)n2)c1. The fraction of sp³-hybridized carbons (Fsp3) is 0.474. The van der Waals surface area contributed by atoms with Crippen molar-refractivity contribution in [2.45, 2.75) is 12.1 Å². The molecule has 0 radical (unpaired) electrons. The van der Waals surface area contributed by atoms with E-state index in [4.69, 9.17) is 14.2 Å². The smallest absolute Gasteiger partial charge is 0.280 e. The molecule has 0 aliphatic carbocycles. The molecule has 2 aromatic rings. The second-order valence-electron chi connectivity index (χ2n) is 7.08. The van der Waals surface area contributed by atoms with Gasteiger partial charge in [-0.1, -0.05) is 12.1 Å². The highest BCUT2D eigenvalue weighted by Crippen LogP contribution is 2.23. The minimum atomic E-state index is -3.73. The lowest BCUT2D eigenvalue weighted by molar-refractivity contribution is 0.0722. The first-order chi connectivity index (χ1) is 14.5. The highest BCUT2D eigenvalue weighted by atomic mass is 32.2. The van der Waals surface area contributed by atoms with Crippen LogP contribution in [-0.4, -0.2) is 75.2 Å². The summed E-state index contributed by atoms with van der Waals surface area (Å²) in [6, 6.07) is 9.24. The van der Waals surface area contributed by atoms with Gasteiger partial charge in [0.2, 0.25) is 0 Å². The molecule has 162 valence electrons. The molecule has 2 unspecified atom stereocenters. The van der Waals surface area contributed by atoms with Crippen LogP contribution >= 0.6 is 0 Å². The Labute approximate surface area is 174 Å². The van der Waals surface area contributed by atoms with E-state index in [2.05, 4.69) is 9.82 Å². The van der Waals surface area contributed by atoms with Gasteiger partial charge in [0.05, 0.1) is 51.3 Å². The van der Waals surface area contributed by atoms with Crippen LogP contribution in [0.4, 0.5) is 0 Å². The molecule has 4 rings (SSSR count). The van der Waals surface area contributed by atoms with Crippen molar-refractivity contribution in [1.29, 1.82) is 0 Å². The minimum absolute atomic E-state index is 0.158. The third-order valence-electron chi connectivity index (χ3n) is 5.17. The molecule has 0 amide bonds. The first-order valence-electron chi connectivity index (χ1n) is 9.65. The molecule has 30 heavy (non-hydrogen) atoms. The summed E-state index contributed by atoms with van der Waals surface area (Å²) in [6.45, 7) is 1.63. The molecule has 2 atom stereocenters. The molecular weight excluding hydrogens is 412 g/mol. The molecule has 10 nitrogen and oxygen atoms in total. The van der Waals surface area contributed by atoms with Crippen molar-refractivity contribution in [3.05, 3.63) is 46.8 Å². The van der Waals surface area contributed by atoms with Crippen LogP contribution in [0, 0.1) is 0 Å². The fourth-order valence-electron chi connectivity index (χ4n) is 3.55. The van der Waals surface area contributed by atoms with Gasteiger partial charge >= 0.3 is 0 Å². The maximum Gasteiger partial charge on any atom is 0.280 e. The van der Waals surface area contributed by atoms with Crippen LogP contribution < -0.4 is 15.0 Å². The second-order valence-corrected chi connectivity index (χ2v) is 8.78. The summed E-state index contributed by atoms with van der Waals surface area (Å²) >= 11 is 0. The van der Waals surface area contributed by atoms with Gasteiger partial charge in [0.25, 0.3) is 15.8 Å². The Hall–Kier alpha value is -2.31. The molecule has 0 saturated carbocycles. The molecule has 0 bridgehead atoms. The van der Waals surface area contributed by atoms with Crippen molar-refractivity contribution in [2.24, 2.45) is 0 Å². The number of nitrogens with zero attached hydrogens (tertiary/aromatic N) is 3. The van der Waals surface area contributed by atoms with E-state index in [9.17, 15) is 13.2 Å². The summed E-state index contributed by atoms with van der Waals surface area (Å²) in [4.78, 5) is 12.5. The molecule has 1 N–H and O–H groups in total. The largest absolute Gasteiger partial charge is 0.497 e. The number of hydrogen-bond acceptors (Lipinski definition) is 7. The zero-order chi connectivity index (χ0) is 21.1. The van der Waals surface area contributed by atoms with E-state index in [1.54, 1.807) is 13.2 Å². The van der Waals surface area contributed by atoms with Crippen molar-refractivity contribution in [2.75, 3.05) is 46.6 Å². The summed E-state index contributed by atoms with van der Waals surface area (Å²) in [7, 11) is -2.15. The molecule has 2 aliphatic rings. The van der Waals surface area contributed by atoms with Crippen molar-refractivity contribution in [3.63, 3.8) is 0 Å². The number of rotatable bonds is 6. The summed E-state index contributed by atoms with van der Waals surface area (Å²) in [5, 5.41) is 4.49. The highest BCUT2D eigenvalue weighted by Gasteiger charge is 2.36. The van der Waals surface area contributed by atoms with E-state index in [0.717, 1.165) is 5.56 Å². The predicted molar refractivity (Wildman–Crippen MR) is 109 cm³/mol. The first kappa shape index (κ1) is 20.9. The van der Waals surface area contributed by atoms with Gasteiger partial charge in [0.15, 0.2) is 0 Å². The maximum atomic E-state index is 12.7. The van der Waals surface area contributed by atoms with E-state index in [1.165, 1.54) is 15.1 Å². The first-order valence-corrected chi connectivity index (χ1v) is 11.1. The minimum Gasteiger partial charge on any atom is -0.497 e. The van der Waals surface area contributed by atoms with Gasteiger partial charge in [-0.05, 0) is 18.2 Å². The summed E-state index contributed by atoms with van der Waals surface area (Å²) in [6.07, 6.45) is 0. The number of benzene rings is 1. The monoisotopic (exact) mass is 436 g/mol. The zero-order valence-electron chi connectivity index (χ0n) is 16.6. The second kappa shape index (κ2) is 8.82. The Morgan fingerprint density at radius 1 is 1.13 bits per heavy atom. The van der Waals surface area contributed by atoms with Crippen molar-refractivity contribution in [1.82, 2.24) is 18.8 Å². The molecule has 3 heterocycles. The Morgan fingerprint density at radius 2 is 1.93 bits per heavy atom. The Morgan fingerprint density at radius 3 is 2.70 bits per heavy atom. The van der Waals surface area contributed by atoms with Gasteiger partial charge in [-0.2, -0.15) is 22.5 Å². The predicted octanol–water partition coefficient (Wildman–Crippen LogP) is 0.0254. The Kier molecular flexibility index (Phi) is 6.16. The maximum absolute atomic E-state index is 12.7. The van der Waals surface area contributed by atoms with Gasteiger partial charge in [0.1, 0.15) is 5.75 Å². The van der Waals surface area contributed by atoms with Crippen LogP contribution in [0.3, 0.4) is 0 Å². The third-order valence-corrected chi connectivity index (χ3v) is 6.81. The van der Waals surface area contributed by atoms with Crippen LogP contribution in [0.1, 0.15) is 6.04 Å². The van der Waals surface area contributed by atoms with E-state index < -0.39 is 22.3 Å². The molecule has 1 aromatic carbocycles. The lowest BCUT2D eigenvalue weighted by atomic mass is 10.1. The van der Waals surface area contributed by atoms with E-state index in [1.807, 2.05) is 24.3 Å². The number of methoxy groups -OCH3 is 1. The van der Waals surface area contributed by atoms with Crippen molar-refractivity contribution < 1.29 is 22.6 Å². The van der Waals surface area contributed by atoms with E-state index in [-0.39, 0.29) is 31.9 Å². The van der Waals surface area contributed by atoms with Crippen LogP contribution in [0.2, 0.25) is 0 Å². The summed E-state index contributed by atoms with van der Waals surface area (Å²) in [5.74, 6) is 0.674. The standard InChI is InChI=1S/C19H24N4O6S/c1-27-15-4-2-3-14(11-15)16-5-6-19(24)23(20-16)18-13-29-12-17(18)21-30(25,26)22-7-9-28-10-8-22/h2-6,11,17-18,21H,7-10,12-13H2,1H3. The number of morpholine rings is 1. The molecular formula is C19H24N4O6S. The van der Waals surface area contributed by atoms with Crippen molar-refractivity contribution in [3.8, 4) is 17.0 Å². The summed E-state index contributed by atoms with van der Waals surface area (Å²) < 4.78 is 46.8. The average Bonchev–Trinajstić information content (AvgIpc) is 3.22. The zero-order valence-corrected chi connectivity index (χ0v) is 17.4. The Balaban J connectivity index is 1.60. The molecule has 11 heteroatoms. The van der Waals surface area contributed by atoms with Gasteiger partial charge in [-0.3, -0.25) is 4.79 Å². The molecule has 2 aliphatic heterocycles. The molecule has 0 spiro atoms. The topological polar surface area (TPSA) is 112 Å². The quantitative estimate of drug-likeness (QED) is 0.680. The van der Waals surface area contributed by atoms with Gasteiger partial charge in [0, 0.05) is 24.7 Å². The lowest BCUT2D eigenvalue weighted by Gasteiger charge is -2.28. The van der Waals surface area contributed by atoms with Crippen LogP contribution in [0.25, 0.3) is 11.3 Å². The van der Waals surface area contributed by atoms with Gasteiger partial charge in [-0.15, -0.1) is 0 Å².